The van der Waals surface area contributed by atoms with E-state index in [1.165, 1.54) is 5.01 Å². The number of thiocarbonyl (C=S) groups is 2. The summed E-state index contributed by atoms with van der Waals surface area (Å²) in [6, 6.07) is 0. The van der Waals surface area contributed by atoms with Gasteiger partial charge in [0, 0.05) is 25.9 Å². The number of rotatable bonds is 5. The van der Waals surface area contributed by atoms with Crippen molar-refractivity contribution in [3.8, 4) is 0 Å². The van der Waals surface area contributed by atoms with Gasteiger partial charge in [0.15, 0.2) is 0 Å². The fraction of sp³-hybridized carbons (Fsp3) is 0.615. The minimum atomic E-state index is -0.448. The van der Waals surface area contributed by atoms with E-state index in [4.69, 9.17) is 24.4 Å². The van der Waals surface area contributed by atoms with Gasteiger partial charge in [-0.1, -0.05) is 24.4 Å². The molecule has 116 valence electrons. The zero-order valence-electron chi connectivity index (χ0n) is 13.1. The maximum absolute atomic E-state index is 11.8. The zero-order valence-corrected chi connectivity index (χ0v) is 16.8. The molecule has 2 rings (SSSR count). The zero-order chi connectivity index (χ0) is 15.6. The summed E-state index contributed by atoms with van der Waals surface area (Å²) < 4.78 is 0. The average Bonchev–Trinajstić information content (AvgIpc) is 3.29. The molecule has 22 heavy (non-hydrogen) atoms. The summed E-state index contributed by atoms with van der Waals surface area (Å²) >= 11 is 10.5. The molecule has 0 aliphatic heterocycles. The molecule has 0 atom stereocenters. The smallest absolute Gasteiger partial charge is 0.494 e. The minimum absolute atomic E-state index is 0. The molecular weight excluding hydrogens is 331 g/mol. The monoisotopic (exact) mass is 351 g/mol. The van der Waals surface area contributed by atoms with E-state index in [9.17, 15) is 9.90 Å². The van der Waals surface area contributed by atoms with Crippen molar-refractivity contribution in [2.24, 2.45) is 11.8 Å². The Labute approximate surface area is 163 Å². The predicted octanol–water partition coefficient (Wildman–Crippen LogP) is -1.74. The van der Waals surface area contributed by atoms with E-state index in [2.05, 4.69) is 10.9 Å². The van der Waals surface area contributed by atoms with Crippen LogP contribution in [0.2, 0.25) is 0 Å². The third kappa shape index (κ3) is 6.00. The fourth-order valence-corrected chi connectivity index (χ4v) is 2.41. The maximum Gasteiger partial charge on any atom is 1.00 e. The van der Waals surface area contributed by atoms with E-state index >= 15 is 0 Å². The SMILES string of the molecule is CN(NC(=O)/C=C(\O)NN(C)C(=S)C1CC1)C(=S)C1CC1.[Na+]. The Morgan fingerprint density at radius 3 is 1.86 bits per heavy atom. The summed E-state index contributed by atoms with van der Waals surface area (Å²) in [5.41, 5.74) is 5.26. The molecule has 0 saturated heterocycles. The van der Waals surface area contributed by atoms with Crippen molar-refractivity contribution >= 4 is 40.3 Å². The van der Waals surface area contributed by atoms with E-state index < -0.39 is 5.91 Å². The van der Waals surface area contributed by atoms with Crippen LogP contribution in [0.15, 0.2) is 12.0 Å². The van der Waals surface area contributed by atoms with Crippen LogP contribution in [0.3, 0.4) is 0 Å². The second-order valence-electron chi connectivity index (χ2n) is 5.46. The van der Waals surface area contributed by atoms with Gasteiger partial charge in [-0.3, -0.25) is 25.7 Å². The summed E-state index contributed by atoms with van der Waals surface area (Å²) in [5, 5.41) is 12.8. The molecule has 6 nitrogen and oxygen atoms in total. The first-order chi connectivity index (χ1) is 9.88. The summed E-state index contributed by atoms with van der Waals surface area (Å²) in [4.78, 5) is 13.2. The molecule has 0 unspecified atom stereocenters. The molecule has 0 aromatic heterocycles. The van der Waals surface area contributed by atoms with Gasteiger partial charge in [0.25, 0.3) is 5.91 Å². The number of carbonyl (C=O) groups is 1. The molecular formula is C13H20N4NaO2S2+. The van der Waals surface area contributed by atoms with E-state index in [1.54, 1.807) is 19.1 Å². The quantitative estimate of drug-likeness (QED) is 0.179. The summed E-state index contributed by atoms with van der Waals surface area (Å²) in [7, 11) is 3.42. The Balaban J connectivity index is 0.00000242. The third-order valence-electron chi connectivity index (χ3n) is 3.34. The topological polar surface area (TPSA) is 67.8 Å². The van der Waals surface area contributed by atoms with Crippen molar-refractivity contribution in [2.75, 3.05) is 14.1 Å². The molecule has 3 N–H and O–H groups in total. The second kappa shape index (κ2) is 8.44. The van der Waals surface area contributed by atoms with E-state index in [0.29, 0.717) is 11.8 Å². The van der Waals surface area contributed by atoms with Crippen molar-refractivity contribution in [2.45, 2.75) is 25.7 Å². The van der Waals surface area contributed by atoms with Crippen molar-refractivity contribution in [1.82, 2.24) is 20.9 Å². The summed E-state index contributed by atoms with van der Waals surface area (Å²) in [6.45, 7) is 0. The van der Waals surface area contributed by atoms with Gasteiger partial charge in [-0.2, -0.15) is 0 Å². The average molecular weight is 351 g/mol. The molecule has 0 bridgehead atoms. The number of hydrazine groups is 2. The molecule has 2 aliphatic carbocycles. The predicted molar refractivity (Wildman–Crippen MR) is 88.2 cm³/mol. The van der Waals surface area contributed by atoms with Gasteiger partial charge in [-0.15, -0.1) is 0 Å². The molecule has 0 heterocycles. The minimum Gasteiger partial charge on any atom is -0.494 e. The largest absolute Gasteiger partial charge is 1.00 e. The van der Waals surface area contributed by atoms with Crippen LogP contribution in [-0.4, -0.2) is 45.1 Å². The van der Waals surface area contributed by atoms with Crippen molar-refractivity contribution in [3.63, 3.8) is 0 Å². The first kappa shape index (κ1) is 19.6. The fourth-order valence-electron chi connectivity index (χ4n) is 1.84. The second-order valence-corrected chi connectivity index (χ2v) is 6.30. The first-order valence-corrected chi connectivity index (χ1v) is 7.73. The summed E-state index contributed by atoms with van der Waals surface area (Å²) in [5.74, 6) is 0.0872. The number of amides is 1. The van der Waals surface area contributed by atoms with Gasteiger partial charge in [-0.05, 0) is 25.7 Å². The standard InChI is InChI=1S/C13H20N4O2S2.Na/c1-16(12(20)8-3-4-8)14-10(18)7-11(19)15-17(2)13(21)9-5-6-9;/h7-9,14,18H,3-6H2,1-2H3,(H,15,19);/q;+1/b10-7-;. The number of nitrogens with one attached hydrogen (secondary N) is 2. The molecule has 1 amide bonds. The number of carbonyl (C=O) groups excluding carboxylic acids is 1. The molecule has 2 fully saturated rings. The van der Waals surface area contributed by atoms with Crippen molar-refractivity contribution in [3.05, 3.63) is 12.0 Å². The Hall–Kier alpha value is -0.410. The Bertz CT molecular complexity index is 492. The van der Waals surface area contributed by atoms with Crippen LogP contribution in [0.1, 0.15) is 25.7 Å². The number of nitrogens with zero attached hydrogens (tertiary/aromatic N) is 2. The van der Waals surface area contributed by atoms with Crippen molar-refractivity contribution in [1.29, 1.82) is 0 Å². The molecule has 0 radical (unpaired) electrons. The first-order valence-electron chi connectivity index (χ1n) is 6.91. The summed E-state index contributed by atoms with van der Waals surface area (Å²) in [6.07, 6.45) is 5.38. The maximum atomic E-state index is 11.8. The van der Waals surface area contributed by atoms with Gasteiger partial charge in [-0.25, -0.2) is 0 Å². The molecule has 0 aromatic rings. The van der Waals surface area contributed by atoms with Crippen molar-refractivity contribution < 1.29 is 39.5 Å². The number of aliphatic hydroxyl groups excluding tert-OH is 1. The molecule has 2 aliphatic rings. The number of hydrogen-bond donors (Lipinski definition) is 3. The molecule has 0 spiro atoms. The van der Waals surface area contributed by atoms with Gasteiger partial charge in [0.05, 0.1) is 16.1 Å². The van der Waals surface area contributed by atoms with Gasteiger partial charge in [0.1, 0.15) is 0 Å². The van der Waals surface area contributed by atoms with Crippen LogP contribution >= 0.6 is 24.4 Å². The van der Waals surface area contributed by atoms with Crippen LogP contribution in [0.25, 0.3) is 0 Å². The van der Waals surface area contributed by atoms with E-state index in [1.807, 2.05) is 0 Å². The van der Waals surface area contributed by atoms with Gasteiger partial charge < -0.3 is 5.11 Å². The van der Waals surface area contributed by atoms with Gasteiger partial charge >= 0.3 is 29.6 Å². The Morgan fingerprint density at radius 1 is 1.05 bits per heavy atom. The van der Waals surface area contributed by atoms with Crippen LogP contribution in [0.5, 0.6) is 0 Å². The molecule has 9 heteroatoms. The normalized spacial score (nSPS) is 17.1. The third-order valence-corrected chi connectivity index (χ3v) is 4.56. The van der Waals surface area contributed by atoms with E-state index in [0.717, 1.165) is 41.7 Å². The van der Waals surface area contributed by atoms with Crippen LogP contribution in [0, 0.1) is 11.8 Å². The van der Waals surface area contributed by atoms with Crippen LogP contribution in [0.4, 0.5) is 0 Å². The number of hydrogen-bond acceptors (Lipinski definition) is 5. The number of aliphatic hydroxyl groups is 1. The van der Waals surface area contributed by atoms with E-state index in [-0.39, 0.29) is 35.4 Å². The Kier molecular flexibility index (Phi) is 7.54. The molecule has 0 aromatic carbocycles. The Morgan fingerprint density at radius 2 is 1.45 bits per heavy atom. The van der Waals surface area contributed by atoms with Gasteiger partial charge in [0.2, 0.25) is 5.88 Å². The van der Waals surface area contributed by atoms with Crippen LogP contribution in [-0.2, 0) is 4.79 Å². The molecule has 2 saturated carbocycles. The van der Waals surface area contributed by atoms with Crippen LogP contribution < -0.4 is 40.4 Å².